The fraction of sp³-hybridized carbons (Fsp3) is 0.524. The van der Waals surface area contributed by atoms with E-state index in [1.54, 1.807) is 5.43 Å². The minimum atomic E-state index is -1.14. The first kappa shape index (κ1) is 29.3. The molecule has 1 aromatic rings. The largest absolute Gasteiger partial charge is 0.365 e. The molecular weight excluding hydrogens is 460 g/mol. The fourth-order valence-electron chi connectivity index (χ4n) is 3.19. The van der Waals surface area contributed by atoms with E-state index in [0.29, 0.717) is 0 Å². The fourth-order valence-corrected chi connectivity index (χ4v) is 3.19. The molecule has 14 heteroatoms. The summed E-state index contributed by atoms with van der Waals surface area (Å²) >= 11 is 0. The van der Waals surface area contributed by atoms with E-state index in [1.807, 2.05) is 44.2 Å². The average Bonchev–Trinajstić information content (AvgIpc) is 2.79. The second-order valence-corrected chi connectivity index (χ2v) is 8.30. The van der Waals surface area contributed by atoms with E-state index >= 15 is 0 Å². The van der Waals surface area contributed by atoms with Gasteiger partial charge in [-0.05, 0) is 37.2 Å². The summed E-state index contributed by atoms with van der Waals surface area (Å²) in [6.07, 6.45) is 0.828. The Hall–Kier alpha value is -3.78. The summed E-state index contributed by atoms with van der Waals surface area (Å²) in [5.74, 6) is -2.37. The van der Waals surface area contributed by atoms with Gasteiger partial charge in [-0.2, -0.15) is 0 Å². The zero-order chi connectivity index (χ0) is 26.4. The topological polar surface area (TPSA) is 227 Å². The Labute approximate surface area is 203 Å². The van der Waals surface area contributed by atoms with Crippen LogP contribution in [0.5, 0.6) is 0 Å². The summed E-state index contributed by atoms with van der Waals surface area (Å²) in [5, 5.41) is 23.7. The second-order valence-electron chi connectivity index (χ2n) is 8.30. The lowest BCUT2D eigenvalue weighted by molar-refractivity contribution is -0.525. The maximum atomic E-state index is 12.9. The molecule has 0 aromatic heterocycles. The van der Waals surface area contributed by atoms with Gasteiger partial charge in [0.1, 0.15) is 12.1 Å². The first-order valence-electron chi connectivity index (χ1n) is 11.1. The maximum Gasteiger partial charge on any atom is 0.265 e. The van der Waals surface area contributed by atoms with Crippen molar-refractivity contribution in [2.75, 3.05) is 6.54 Å². The molecule has 0 fully saturated rings. The van der Waals surface area contributed by atoms with Crippen LogP contribution in [0, 0.1) is 16.0 Å². The van der Waals surface area contributed by atoms with Crippen LogP contribution in [0.2, 0.25) is 0 Å². The smallest absolute Gasteiger partial charge is 0.265 e. The van der Waals surface area contributed by atoms with Crippen molar-refractivity contribution in [2.45, 2.75) is 57.7 Å². The second kappa shape index (κ2) is 15.2. The van der Waals surface area contributed by atoms with Gasteiger partial charge in [0.25, 0.3) is 11.9 Å². The number of carbonyl (C=O) groups excluding carboxylic acids is 3. The van der Waals surface area contributed by atoms with Crippen LogP contribution in [0.15, 0.2) is 35.3 Å². The van der Waals surface area contributed by atoms with Crippen molar-refractivity contribution in [3.63, 3.8) is 0 Å². The van der Waals surface area contributed by atoms with Crippen LogP contribution < -0.4 is 33.0 Å². The molecule has 0 saturated heterocycles. The van der Waals surface area contributed by atoms with E-state index in [1.165, 1.54) is 5.48 Å². The standard InChI is InChI=1S/C21H34N8O6/c1-13(2)11-17(26-18(30)15(22)12-14-7-4-3-5-8-14)19(31)25-16(20(32)28-33)9-6-10-24-21(23)27-29(34)35/h3-5,7-8,13,15-17,33H,6,9-12,22H2,1-2H3,(H,25,31)(H,26,30)(H,28,32)(H3,23,24,27)/t15-,16-,17-/m0/s1. The predicted molar refractivity (Wildman–Crippen MR) is 127 cm³/mol. The van der Waals surface area contributed by atoms with Crippen LogP contribution in [-0.4, -0.2) is 58.6 Å². The third kappa shape index (κ3) is 11.8. The number of amides is 3. The van der Waals surface area contributed by atoms with Crippen molar-refractivity contribution in [1.29, 1.82) is 0 Å². The number of hydrazine groups is 1. The Kier molecular flexibility index (Phi) is 12.7. The minimum Gasteiger partial charge on any atom is -0.365 e. The van der Waals surface area contributed by atoms with Gasteiger partial charge in [-0.3, -0.25) is 19.6 Å². The lowest BCUT2D eigenvalue weighted by Crippen LogP contribution is -2.56. The number of hydrogen-bond acceptors (Lipinski definition) is 8. The Morgan fingerprint density at radius 2 is 1.71 bits per heavy atom. The van der Waals surface area contributed by atoms with Gasteiger partial charge in [0.2, 0.25) is 11.8 Å². The van der Waals surface area contributed by atoms with Crippen LogP contribution in [-0.2, 0) is 20.8 Å². The van der Waals surface area contributed by atoms with Crippen molar-refractivity contribution in [2.24, 2.45) is 22.4 Å². The molecular formula is C21H34N8O6. The summed E-state index contributed by atoms with van der Waals surface area (Å²) < 4.78 is 0. The van der Waals surface area contributed by atoms with Gasteiger partial charge in [-0.25, -0.2) is 20.6 Å². The Balaban J connectivity index is 2.78. The number of hydrogen-bond donors (Lipinski definition) is 7. The van der Waals surface area contributed by atoms with Gasteiger partial charge in [0, 0.05) is 6.54 Å². The third-order valence-electron chi connectivity index (χ3n) is 4.86. The van der Waals surface area contributed by atoms with Crippen LogP contribution in [0.1, 0.15) is 38.7 Å². The number of hydroxylamine groups is 1. The molecule has 35 heavy (non-hydrogen) atoms. The van der Waals surface area contributed by atoms with Crippen molar-refractivity contribution in [1.82, 2.24) is 21.5 Å². The zero-order valence-corrected chi connectivity index (χ0v) is 19.8. The number of nitro groups is 1. The van der Waals surface area contributed by atoms with E-state index in [0.717, 1.165) is 5.56 Å². The van der Waals surface area contributed by atoms with Gasteiger partial charge < -0.3 is 22.1 Å². The van der Waals surface area contributed by atoms with Crippen molar-refractivity contribution >= 4 is 23.7 Å². The Bertz CT molecular complexity index is 880. The number of carbonyl (C=O) groups is 3. The first-order valence-corrected chi connectivity index (χ1v) is 11.1. The normalized spacial score (nSPS) is 13.9. The summed E-state index contributed by atoms with van der Waals surface area (Å²) in [5.41, 5.74) is 15.4. The quantitative estimate of drug-likeness (QED) is 0.0417. The van der Waals surface area contributed by atoms with Crippen LogP contribution >= 0.6 is 0 Å². The first-order chi connectivity index (χ1) is 16.5. The molecule has 0 spiro atoms. The lowest BCUT2D eigenvalue weighted by Gasteiger charge is -2.24. The number of benzene rings is 1. The van der Waals surface area contributed by atoms with Crippen LogP contribution in [0.4, 0.5) is 0 Å². The molecule has 0 unspecified atom stereocenters. The SMILES string of the molecule is CC(C)C[C@H](NC(=O)[C@@H](N)Cc1ccccc1)C(=O)N[C@@H](CCCN=C(N)N[N+](=O)[O-])C(=O)NO. The van der Waals surface area contributed by atoms with Gasteiger partial charge in [0.15, 0.2) is 5.03 Å². The summed E-state index contributed by atoms with van der Waals surface area (Å²) in [7, 11) is 0. The Morgan fingerprint density at radius 3 is 2.29 bits per heavy atom. The summed E-state index contributed by atoms with van der Waals surface area (Å²) in [6, 6.07) is 6.21. The molecule has 1 aromatic carbocycles. The molecule has 1 rings (SSSR count). The molecule has 0 saturated carbocycles. The van der Waals surface area contributed by atoms with Gasteiger partial charge in [-0.1, -0.05) is 49.6 Å². The molecule has 0 bridgehead atoms. The van der Waals surface area contributed by atoms with E-state index in [9.17, 15) is 24.5 Å². The van der Waals surface area contributed by atoms with Crippen molar-refractivity contribution in [3.05, 3.63) is 46.0 Å². The van der Waals surface area contributed by atoms with E-state index < -0.39 is 46.8 Å². The molecule has 0 aliphatic heterocycles. The molecule has 9 N–H and O–H groups in total. The minimum absolute atomic E-state index is 0.0260. The van der Waals surface area contributed by atoms with Gasteiger partial charge in [-0.15, -0.1) is 0 Å². The number of nitrogens with one attached hydrogen (secondary N) is 4. The number of nitrogens with zero attached hydrogens (tertiary/aromatic N) is 2. The lowest BCUT2D eigenvalue weighted by atomic mass is 10.0. The average molecular weight is 495 g/mol. The summed E-state index contributed by atoms with van der Waals surface area (Å²) in [6.45, 7) is 3.77. The summed E-state index contributed by atoms with van der Waals surface area (Å²) in [4.78, 5) is 51.7. The molecule has 3 amide bonds. The number of guanidine groups is 1. The monoisotopic (exact) mass is 494 g/mol. The predicted octanol–water partition coefficient (Wildman–Crippen LogP) is -1.05. The number of aliphatic imine (C=N–C) groups is 1. The van der Waals surface area contributed by atoms with E-state index in [2.05, 4.69) is 15.6 Å². The van der Waals surface area contributed by atoms with Gasteiger partial charge >= 0.3 is 0 Å². The van der Waals surface area contributed by atoms with Crippen LogP contribution in [0.3, 0.4) is 0 Å². The highest BCUT2D eigenvalue weighted by molar-refractivity contribution is 5.92. The molecule has 0 heterocycles. The zero-order valence-electron chi connectivity index (χ0n) is 19.8. The highest BCUT2D eigenvalue weighted by Gasteiger charge is 2.28. The molecule has 0 radical (unpaired) electrons. The highest BCUT2D eigenvalue weighted by Crippen LogP contribution is 2.08. The highest BCUT2D eigenvalue weighted by atomic mass is 16.7. The van der Waals surface area contributed by atoms with Crippen molar-refractivity contribution in [3.8, 4) is 0 Å². The van der Waals surface area contributed by atoms with E-state index in [-0.39, 0.29) is 38.1 Å². The van der Waals surface area contributed by atoms with Gasteiger partial charge in [0.05, 0.1) is 6.04 Å². The Morgan fingerprint density at radius 1 is 1.09 bits per heavy atom. The van der Waals surface area contributed by atoms with Crippen molar-refractivity contribution < 1.29 is 24.6 Å². The molecule has 0 aliphatic rings. The maximum absolute atomic E-state index is 12.9. The van der Waals surface area contributed by atoms with Crippen LogP contribution in [0.25, 0.3) is 0 Å². The number of rotatable bonds is 14. The van der Waals surface area contributed by atoms with E-state index in [4.69, 9.17) is 16.7 Å². The third-order valence-corrected chi connectivity index (χ3v) is 4.86. The molecule has 14 nitrogen and oxygen atoms in total. The molecule has 194 valence electrons. The number of nitrogens with two attached hydrogens (primary N) is 2. The molecule has 0 aliphatic carbocycles. The molecule has 3 atom stereocenters.